The lowest BCUT2D eigenvalue weighted by Crippen LogP contribution is -2.54. The van der Waals surface area contributed by atoms with Crippen LogP contribution in [0, 0.1) is 17.8 Å². The maximum Gasteiger partial charge on any atom is 0.226 e. The molecular formula is C16H28N2O2. The second-order valence-corrected chi connectivity index (χ2v) is 6.81. The largest absolute Gasteiger partial charge is 0.377 e. The van der Waals surface area contributed by atoms with Gasteiger partial charge in [0.25, 0.3) is 0 Å². The molecule has 3 fully saturated rings. The molecular weight excluding hydrogens is 252 g/mol. The van der Waals surface area contributed by atoms with E-state index in [2.05, 4.69) is 0 Å². The third kappa shape index (κ3) is 2.86. The number of amides is 1. The maximum atomic E-state index is 12.8. The normalized spacial score (nSPS) is 38.4. The van der Waals surface area contributed by atoms with Crippen molar-refractivity contribution in [1.29, 1.82) is 0 Å². The highest BCUT2D eigenvalue weighted by Gasteiger charge is 2.38. The molecule has 2 N–H and O–H groups in total. The van der Waals surface area contributed by atoms with E-state index in [9.17, 15) is 4.79 Å². The predicted octanol–water partition coefficient (Wildman–Crippen LogP) is 1.78. The number of rotatable bonds is 2. The molecule has 0 radical (unpaired) electrons. The molecule has 3 rings (SSSR count). The molecule has 1 amide bonds. The van der Waals surface area contributed by atoms with Crippen molar-refractivity contribution >= 4 is 5.91 Å². The Morgan fingerprint density at radius 1 is 1.15 bits per heavy atom. The van der Waals surface area contributed by atoms with E-state index in [0.717, 1.165) is 31.2 Å². The van der Waals surface area contributed by atoms with Gasteiger partial charge in [0.05, 0.1) is 19.3 Å². The summed E-state index contributed by atoms with van der Waals surface area (Å²) in [5.74, 6) is 2.32. The standard InChI is InChI=1S/C16H28N2O2/c17-10-15-11-20-8-7-18(15)16(19)14-6-5-12-3-1-2-4-13(12)9-14/h12-15H,1-11,17H2. The van der Waals surface area contributed by atoms with Gasteiger partial charge in [0.1, 0.15) is 0 Å². The third-order valence-corrected chi connectivity index (χ3v) is 5.67. The van der Waals surface area contributed by atoms with Gasteiger partial charge >= 0.3 is 0 Å². The minimum atomic E-state index is 0.0975. The minimum Gasteiger partial charge on any atom is -0.377 e. The van der Waals surface area contributed by atoms with Gasteiger partial charge in [-0.25, -0.2) is 0 Å². The van der Waals surface area contributed by atoms with Crippen LogP contribution in [0.15, 0.2) is 0 Å². The zero-order valence-electron chi connectivity index (χ0n) is 12.4. The number of morpholine rings is 1. The lowest BCUT2D eigenvalue weighted by molar-refractivity contribution is -0.146. The number of ether oxygens (including phenoxy) is 1. The number of nitrogens with zero attached hydrogens (tertiary/aromatic N) is 1. The Morgan fingerprint density at radius 2 is 1.95 bits per heavy atom. The summed E-state index contributed by atoms with van der Waals surface area (Å²) in [6, 6.07) is 0.0975. The first-order valence-electron chi connectivity index (χ1n) is 8.38. The Bertz CT molecular complexity index is 347. The predicted molar refractivity (Wildman–Crippen MR) is 78.2 cm³/mol. The molecule has 4 nitrogen and oxygen atoms in total. The van der Waals surface area contributed by atoms with Crippen molar-refractivity contribution in [2.24, 2.45) is 23.5 Å². The van der Waals surface area contributed by atoms with E-state index in [1.165, 1.54) is 32.1 Å². The molecule has 4 unspecified atom stereocenters. The zero-order chi connectivity index (χ0) is 13.9. The van der Waals surface area contributed by atoms with Crippen LogP contribution in [0.4, 0.5) is 0 Å². The van der Waals surface area contributed by atoms with E-state index in [-0.39, 0.29) is 12.0 Å². The third-order valence-electron chi connectivity index (χ3n) is 5.67. The van der Waals surface area contributed by atoms with Gasteiger partial charge in [0.15, 0.2) is 0 Å². The summed E-state index contributed by atoms with van der Waals surface area (Å²) >= 11 is 0. The van der Waals surface area contributed by atoms with Crippen LogP contribution in [0.3, 0.4) is 0 Å². The van der Waals surface area contributed by atoms with E-state index in [1.54, 1.807) is 0 Å². The van der Waals surface area contributed by atoms with Crippen LogP contribution in [0.5, 0.6) is 0 Å². The summed E-state index contributed by atoms with van der Waals surface area (Å²) in [4.78, 5) is 14.8. The van der Waals surface area contributed by atoms with Crippen molar-refractivity contribution in [3.8, 4) is 0 Å². The summed E-state index contributed by atoms with van der Waals surface area (Å²) in [6.07, 6.45) is 8.99. The summed E-state index contributed by atoms with van der Waals surface area (Å²) in [6.45, 7) is 2.53. The van der Waals surface area contributed by atoms with Gasteiger partial charge in [0, 0.05) is 19.0 Å². The van der Waals surface area contributed by atoms with Crippen LogP contribution in [0.25, 0.3) is 0 Å². The second kappa shape index (κ2) is 6.44. The minimum absolute atomic E-state index is 0.0975. The van der Waals surface area contributed by atoms with Crippen molar-refractivity contribution in [2.45, 2.75) is 51.0 Å². The molecule has 3 aliphatic rings. The smallest absolute Gasteiger partial charge is 0.226 e. The maximum absolute atomic E-state index is 12.8. The highest BCUT2D eigenvalue weighted by Crippen LogP contribution is 2.43. The Kier molecular flexibility index (Phi) is 4.61. The van der Waals surface area contributed by atoms with E-state index < -0.39 is 0 Å². The van der Waals surface area contributed by atoms with Crippen LogP contribution in [0.1, 0.15) is 44.9 Å². The first-order chi connectivity index (χ1) is 9.79. The summed E-state index contributed by atoms with van der Waals surface area (Å²) in [5.41, 5.74) is 5.79. The van der Waals surface area contributed by atoms with Crippen molar-refractivity contribution in [1.82, 2.24) is 4.90 Å². The molecule has 114 valence electrons. The van der Waals surface area contributed by atoms with Crippen LogP contribution >= 0.6 is 0 Å². The number of hydrogen-bond donors (Lipinski definition) is 1. The van der Waals surface area contributed by atoms with Crippen molar-refractivity contribution in [3.05, 3.63) is 0 Å². The van der Waals surface area contributed by atoms with Gasteiger partial charge in [-0.15, -0.1) is 0 Å². The molecule has 0 spiro atoms. The second-order valence-electron chi connectivity index (χ2n) is 6.81. The Balaban J connectivity index is 1.61. The monoisotopic (exact) mass is 280 g/mol. The van der Waals surface area contributed by atoms with Crippen LogP contribution in [-0.2, 0) is 9.53 Å². The fourth-order valence-electron chi connectivity index (χ4n) is 4.47. The van der Waals surface area contributed by atoms with Gasteiger partial charge < -0.3 is 15.4 Å². The first kappa shape index (κ1) is 14.3. The molecule has 0 aromatic heterocycles. The van der Waals surface area contributed by atoms with E-state index >= 15 is 0 Å². The Hall–Kier alpha value is -0.610. The Morgan fingerprint density at radius 3 is 2.75 bits per heavy atom. The zero-order valence-corrected chi connectivity index (χ0v) is 12.4. The van der Waals surface area contributed by atoms with Gasteiger partial charge in [0.2, 0.25) is 5.91 Å². The molecule has 0 aromatic rings. The van der Waals surface area contributed by atoms with Crippen molar-refractivity contribution in [2.75, 3.05) is 26.3 Å². The average Bonchev–Trinajstić information content (AvgIpc) is 2.53. The SMILES string of the molecule is NCC1COCCN1C(=O)C1CCC2CCCCC2C1. The number of hydrogen-bond acceptors (Lipinski definition) is 3. The number of fused-ring (bicyclic) bond motifs is 1. The van der Waals surface area contributed by atoms with Gasteiger partial charge in [-0.05, 0) is 31.1 Å². The number of carbonyl (C=O) groups excluding carboxylic acids is 1. The Labute approximate surface area is 122 Å². The first-order valence-corrected chi connectivity index (χ1v) is 8.38. The average molecular weight is 280 g/mol. The van der Waals surface area contributed by atoms with Gasteiger partial charge in [-0.2, -0.15) is 0 Å². The molecule has 1 aliphatic heterocycles. The van der Waals surface area contributed by atoms with Crippen LogP contribution in [-0.4, -0.2) is 43.2 Å². The highest BCUT2D eigenvalue weighted by atomic mass is 16.5. The summed E-state index contributed by atoms with van der Waals surface area (Å²) < 4.78 is 5.45. The molecule has 4 atom stereocenters. The summed E-state index contributed by atoms with van der Waals surface area (Å²) in [5, 5.41) is 0. The van der Waals surface area contributed by atoms with Crippen molar-refractivity contribution in [3.63, 3.8) is 0 Å². The lowest BCUT2D eigenvalue weighted by Gasteiger charge is -2.42. The molecule has 0 aromatic carbocycles. The molecule has 0 bridgehead atoms. The van der Waals surface area contributed by atoms with Crippen LogP contribution in [0.2, 0.25) is 0 Å². The molecule has 1 heterocycles. The van der Waals surface area contributed by atoms with E-state index in [4.69, 9.17) is 10.5 Å². The fourth-order valence-corrected chi connectivity index (χ4v) is 4.47. The summed E-state index contributed by atoms with van der Waals surface area (Å²) in [7, 11) is 0. The highest BCUT2D eigenvalue weighted by molar-refractivity contribution is 5.79. The number of nitrogens with two attached hydrogens (primary N) is 1. The molecule has 4 heteroatoms. The lowest BCUT2D eigenvalue weighted by atomic mass is 9.67. The van der Waals surface area contributed by atoms with Crippen molar-refractivity contribution < 1.29 is 9.53 Å². The van der Waals surface area contributed by atoms with E-state index in [1.807, 2.05) is 4.90 Å². The molecule has 2 saturated carbocycles. The van der Waals surface area contributed by atoms with E-state index in [0.29, 0.717) is 25.7 Å². The van der Waals surface area contributed by atoms with Crippen LogP contribution < -0.4 is 5.73 Å². The molecule has 1 saturated heterocycles. The number of carbonyl (C=O) groups is 1. The molecule has 2 aliphatic carbocycles. The topological polar surface area (TPSA) is 55.6 Å². The van der Waals surface area contributed by atoms with Gasteiger partial charge in [-0.1, -0.05) is 25.7 Å². The molecule has 20 heavy (non-hydrogen) atoms. The fraction of sp³-hybridized carbons (Fsp3) is 0.938. The quantitative estimate of drug-likeness (QED) is 0.839. The van der Waals surface area contributed by atoms with Gasteiger partial charge in [-0.3, -0.25) is 4.79 Å².